The summed E-state index contributed by atoms with van der Waals surface area (Å²) in [5, 5.41) is 0.480. The van der Waals surface area contributed by atoms with E-state index in [9.17, 15) is 18.0 Å². The van der Waals surface area contributed by atoms with Crippen molar-refractivity contribution in [3.63, 3.8) is 0 Å². The van der Waals surface area contributed by atoms with Gasteiger partial charge in [-0.1, -0.05) is 41.4 Å². The number of para-hydroxylation sites is 1. The summed E-state index contributed by atoms with van der Waals surface area (Å²) in [6.45, 7) is -0.0470. The van der Waals surface area contributed by atoms with Crippen molar-refractivity contribution < 1.29 is 22.7 Å². The molecular formula is C20H15Cl2F3N2O2. The van der Waals surface area contributed by atoms with Gasteiger partial charge >= 0.3 is 12.1 Å². The summed E-state index contributed by atoms with van der Waals surface area (Å²) in [5.74, 6) is -1.60. The molecule has 1 amide bonds. The van der Waals surface area contributed by atoms with Crippen LogP contribution in [0.2, 0.25) is 10.0 Å². The first-order valence-electron chi connectivity index (χ1n) is 9.02. The van der Waals surface area contributed by atoms with E-state index in [1.54, 1.807) is 6.07 Å². The van der Waals surface area contributed by atoms with Gasteiger partial charge in [-0.15, -0.1) is 0 Å². The summed E-state index contributed by atoms with van der Waals surface area (Å²) in [6.07, 6.45) is -5.25. The van der Waals surface area contributed by atoms with Crippen LogP contribution in [0.5, 0.6) is 5.75 Å². The maximum atomic E-state index is 13.4. The molecule has 5 rings (SSSR count). The number of carbonyl (C=O) groups excluding carboxylic acids is 1. The molecule has 0 N–H and O–H groups in total. The number of fused-ring (bicyclic) bond motifs is 3. The summed E-state index contributed by atoms with van der Waals surface area (Å²) in [4.78, 5) is 15.2. The van der Waals surface area contributed by atoms with Crippen molar-refractivity contribution >= 4 is 34.8 Å². The lowest BCUT2D eigenvalue weighted by Crippen LogP contribution is -2.54. The Balaban J connectivity index is 1.79. The van der Waals surface area contributed by atoms with Gasteiger partial charge in [0.1, 0.15) is 5.75 Å². The first-order chi connectivity index (χ1) is 13.7. The fourth-order valence-corrected chi connectivity index (χ4v) is 5.75. The molecule has 3 aliphatic rings. The van der Waals surface area contributed by atoms with E-state index < -0.39 is 29.8 Å². The Kier molecular flexibility index (Phi) is 3.87. The summed E-state index contributed by atoms with van der Waals surface area (Å²) in [5.41, 5.74) is 1.27. The Labute approximate surface area is 174 Å². The van der Waals surface area contributed by atoms with Crippen molar-refractivity contribution in [3.8, 4) is 5.75 Å². The highest BCUT2D eigenvalue weighted by atomic mass is 35.5. The maximum absolute atomic E-state index is 13.4. The highest BCUT2D eigenvalue weighted by molar-refractivity contribution is 6.35. The Morgan fingerprint density at radius 3 is 2.69 bits per heavy atom. The van der Waals surface area contributed by atoms with Crippen molar-refractivity contribution in [3.05, 3.63) is 57.6 Å². The van der Waals surface area contributed by atoms with E-state index in [-0.39, 0.29) is 22.3 Å². The number of alkyl halides is 3. The second kappa shape index (κ2) is 5.95. The highest BCUT2D eigenvalue weighted by Gasteiger charge is 2.66. The number of likely N-dealkylation sites (tertiary alicyclic amines) is 1. The number of hydrogen-bond donors (Lipinski definition) is 0. The van der Waals surface area contributed by atoms with Crippen molar-refractivity contribution in [1.82, 2.24) is 4.90 Å². The lowest BCUT2D eigenvalue weighted by molar-refractivity contribution is -0.187. The summed E-state index contributed by atoms with van der Waals surface area (Å²) >= 11 is 12.5. The number of anilines is 1. The average Bonchev–Trinajstić information content (AvgIpc) is 3.17. The number of rotatable bonds is 0. The van der Waals surface area contributed by atoms with Crippen LogP contribution < -0.4 is 9.64 Å². The SMILES string of the molecule is CN1c2ccccc2[C@]23CCN(C(=O)C(F)(F)F)[C@H]2c2cc(Cl)cc(Cl)c2O[C@H]13. The van der Waals surface area contributed by atoms with E-state index in [0.717, 1.165) is 16.2 Å². The molecule has 0 radical (unpaired) electrons. The average molecular weight is 443 g/mol. The van der Waals surface area contributed by atoms with Crippen LogP contribution in [0.15, 0.2) is 36.4 Å². The van der Waals surface area contributed by atoms with Gasteiger partial charge in [0.15, 0.2) is 6.23 Å². The third-order valence-electron chi connectivity index (χ3n) is 6.21. The molecule has 29 heavy (non-hydrogen) atoms. The van der Waals surface area contributed by atoms with E-state index >= 15 is 0 Å². The predicted octanol–water partition coefficient (Wildman–Crippen LogP) is 4.94. The number of nitrogens with zero attached hydrogens (tertiary/aromatic N) is 2. The van der Waals surface area contributed by atoms with Gasteiger partial charge in [0.25, 0.3) is 0 Å². The molecule has 2 aromatic carbocycles. The third-order valence-corrected chi connectivity index (χ3v) is 6.71. The molecule has 0 unspecified atom stereocenters. The number of benzene rings is 2. The minimum atomic E-state index is -4.98. The molecule has 0 aliphatic carbocycles. The van der Waals surface area contributed by atoms with Gasteiger partial charge < -0.3 is 14.5 Å². The van der Waals surface area contributed by atoms with Crippen LogP contribution in [0.1, 0.15) is 23.6 Å². The van der Waals surface area contributed by atoms with Gasteiger partial charge in [-0.25, -0.2) is 0 Å². The molecular weight excluding hydrogens is 428 g/mol. The molecule has 1 spiro atoms. The standard InChI is InChI=1S/C20H15Cl2F3N2O2/c1-26-14-5-3-2-4-12(14)19-6-7-27(17(28)20(23,24)25)16(19)11-8-10(21)9-13(22)15(11)29-18(19)26/h2-5,8-9,16,18H,6-7H2,1H3/t16-,18-,19+/m0/s1. The second-order valence-electron chi connectivity index (χ2n) is 7.59. The van der Waals surface area contributed by atoms with E-state index in [2.05, 4.69) is 0 Å². The van der Waals surface area contributed by atoms with Crippen LogP contribution in [0.4, 0.5) is 18.9 Å². The number of ether oxygens (including phenoxy) is 1. The topological polar surface area (TPSA) is 32.8 Å². The minimum Gasteiger partial charge on any atom is -0.468 e. The second-order valence-corrected chi connectivity index (χ2v) is 8.44. The van der Waals surface area contributed by atoms with Gasteiger partial charge in [-0.05, 0) is 30.2 Å². The van der Waals surface area contributed by atoms with Gasteiger partial charge in [-0.2, -0.15) is 13.2 Å². The quantitative estimate of drug-likeness (QED) is 0.579. The Bertz CT molecular complexity index is 1040. The molecule has 152 valence electrons. The smallest absolute Gasteiger partial charge is 0.468 e. The zero-order chi connectivity index (χ0) is 20.7. The number of hydrogen-bond acceptors (Lipinski definition) is 3. The molecule has 0 bridgehead atoms. The van der Waals surface area contributed by atoms with Crippen LogP contribution in [0.3, 0.4) is 0 Å². The Morgan fingerprint density at radius 1 is 1.24 bits per heavy atom. The zero-order valence-corrected chi connectivity index (χ0v) is 16.6. The lowest BCUT2D eigenvalue weighted by Gasteiger charge is -2.46. The minimum absolute atomic E-state index is 0.0470. The summed E-state index contributed by atoms with van der Waals surface area (Å²) in [6, 6.07) is 9.64. The fourth-order valence-electron chi connectivity index (χ4n) is 5.20. The molecule has 3 atom stereocenters. The Hall–Kier alpha value is -2.12. The largest absolute Gasteiger partial charge is 0.471 e. The van der Waals surface area contributed by atoms with Gasteiger partial charge in [0, 0.05) is 29.9 Å². The van der Waals surface area contributed by atoms with Gasteiger partial charge in [-0.3, -0.25) is 4.79 Å². The van der Waals surface area contributed by atoms with Crippen molar-refractivity contribution in [2.24, 2.45) is 0 Å². The number of halogens is 5. The molecule has 0 saturated carbocycles. The molecule has 9 heteroatoms. The summed E-state index contributed by atoms with van der Waals surface area (Å²) < 4.78 is 46.5. The molecule has 2 aromatic rings. The van der Waals surface area contributed by atoms with Crippen LogP contribution in [-0.4, -0.2) is 36.8 Å². The van der Waals surface area contributed by atoms with Crippen molar-refractivity contribution in [1.29, 1.82) is 0 Å². The molecule has 4 nitrogen and oxygen atoms in total. The van der Waals surface area contributed by atoms with Crippen LogP contribution in [0, 0.1) is 0 Å². The Morgan fingerprint density at radius 2 is 1.97 bits per heavy atom. The molecule has 1 fully saturated rings. The van der Waals surface area contributed by atoms with Crippen LogP contribution in [-0.2, 0) is 10.2 Å². The lowest BCUT2D eigenvalue weighted by atomic mass is 9.70. The zero-order valence-electron chi connectivity index (χ0n) is 15.1. The first kappa shape index (κ1) is 18.9. The van der Waals surface area contributed by atoms with Crippen molar-refractivity contribution in [2.75, 3.05) is 18.5 Å². The molecule has 0 aromatic heterocycles. The van der Waals surface area contributed by atoms with Crippen molar-refractivity contribution in [2.45, 2.75) is 30.3 Å². The van der Waals surface area contributed by atoms with Gasteiger partial charge in [0.05, 0.1) is 16.5 Å². The van der Waals surface area contributed by atoms with E-state index in [0.29, 0.717) is 12.0 Å². The number of likely N-dealkylation sites (N-methyl/N-ethyl adjacent to an activating group) is 1. The van der Waals surface area contributed by atoms with E-state index in [4.69, 9.17) is 27.9 Å². The molecule has 3 aliphatic heterocycles. The van der Waals surface area contributed by atoms with Crippen LogP contribution in [0.25, 0.3) is 0 Å². The van der Waals surface area contributed by atoms with E-state index in [1.807, 2.05) is 36.2 Å². The summed E-state index contributed by atoms with van der Waals surface area (Å²) in [7, 11) is 1.83. The molecule has 1 saturated heterocycles. The first-order valence-corrected chi connectivity index (χ1v) is 9.77. The number of carbonyl (C=O) groups is 1. The molecule has 3 heterocycles. The fraction of sp³-hybridized carbons (Fsp3) is 0.350. The predicted molar refractivity (Wildman–Crippen MR) is 103 cm³/mol. The van der Waals surface area contributed by atoms with E-state index in [1.165, 1.54) is 6.07 Å². The van der Waals surface area contributed by atoms with Gasteiger partial charge in [0.2, 0.25) is 0 Å². The normalized spacial score (nSPS) is 27.1. The van der Waals surface area contributed by atoms with Crippen LogP contribution >= 0.6 is 23.2 Å². The number of amides is 1. The monoisotopic (exact) mass is 442 g/mol. The highest BCUT2D eigenvalue weighted by Crippen LogP contribution is 2.63. The maximum Gasteiger partial charge on any atom is 0.471 e. The third kappa shape index (κ3) is 2.37.